The second-order valence-corrected chi connectivity index (χ2v) is 13.1. The number of amides is 3. The number of benzene rings is 2. The molecule has 2 aromatic carbocycles. The van der Waals surface area contributed by atoms with E-state index in [4.69, 9.17) is 11.6 Å². The maximum Gasteiger partial charge on any atom is 0.251 e. The fourth-order valence-corrected chi connectivity index (χ4v) is 9.27. The molecule has 1 N–H and O–H groups in total. The summed E-state index contributed by atoms with van der Waals surface area (Å²) in [5, 5.41) is 9.72. The zero-order valence-electron chi connectivity index (χ0n) is 23.0. The van der Waals surface area contributed by atoms with Crippen molar-refractivity contribution in [1.82, 2.24) is 9.80 Å². The molecule has 41 heavy (non-hydrogen) atoms. The Kier molecular flexibility index (Phi) is 7.74. The van der Waals surface area contributed by atoms with Crippen molar-refractivity contribution in [3.8, 4) is 0 Å². The van der Waals surface area contributed by atoms with Crippen LogP contribution in [0.4, 0.5) is 5.69 Å². The van der Waals surface area contributed by atoms with Crippen LogP contribution in [0.1, 0.15) is 24.0 Å². The minimum atomic E-state index is -0.887. The van der Waals surface area contributed by atoms with Gasteiger partial charge in [0.1, 0.15) is 6.04 Å². The van der Waals surface area contributed by atoms with E-state index in [0.717, 1.165) is 11.1 Å². The van der Waals surface area contributed by atoms with Gasteiger partial charge in [-0.3, -0.25) is 14.4 Å². The Bertz CT molecular complexity index is 1390. The lowest BCUT2D eigenvalue weighted by atomic mass is 9.78. The predicted molar refractivity (Wildman–Crippen MR) is 162 cm³/mol. The summed E-state index contributed by atoms with van der Waals surface area (Å²) >= 11 is 8.21. The maximum atomic E-state index is 14.6. The van der Waals surface area contributed by atoms with Crippen LogP contribution in [-0.4, -0.2) is 74.9 Å². The largest absolute Gasteiger partial charge is 0.396 e. The van der Waals surface area contributed by atoms with Crippen molar-refractivity contribution in [2.45, 2.75) is 42.3 Å². The Labute approximate surface area is 249 Å². The lowest BCUT2D eigenvalue weighted by Crippen LogP contribution is -2.53. The molecule has 5 atom stereocenters. The second kappa shape index (κ2) is 11.3. The number of rotatable bonds is 7. The third-order valence-electron chi connectivity index (χ3n) is 8.72. The highest BCUT2D eigenvalue weighted by Gasteiger charge is 2.71. The number of carbonyl (C=O) groups excluding carboxylic acids is 3. The highest BCUT2D eigenvalue weighted by atomic mass is 35.5. The zero-order valence-corrected chi connectivity index (χ0v) is 24.6. The molecule has 7 nitrogen and oxygen atoms in total. The summed E-state index contributed by atoms with van der Waals surface area (Å²) in [6, 6.07) is 14.6. The van der Waals surface area contributed by atoms with E-state index in [0.29, 0.717) is 49.7 Å². The first-order valence-corrected chi connectivity index (χ1v) is 15.5. The van der Waals surface area contributed by atoms with Gasteiger partial charge in [0.25, 0.3) is 5.91 Å². The molecule has 9 heteroatoms. The van der Waals surface area contributed by atoms with E-state index in [9.17, 15) is 19.5 Å². The van der Waals surface area contributed by atoms with Gasteiger partial charge in [0.05, 0.1) is 27.3 Å². The van der Waals surface area contributed by atoms with Crippen molar-refractivity contribution in [1.29, 1.82) is 0 Å². The lowest BCUT2D eigenvalue weighted by molar-refractivity contribution is -0.143. The molecule has 4 heterocycles. The lowest BCUT2D eigenvalue weighted by Gasteiger charge is -2.35. The van der Waals surface area contributed by atoms with Gasteiger partial charge in [-0.05, 0) is 37.0 Å². The number of likely N-dealkylation sites (tertiary alicyclic amines) is 1. The number of para-hydroxylation sites is 1. The van der Waals surface area contributed by atoms with Crippen molar-refractivity contribution in [2.24, 2.45) is 11.8 Å². The van der Waals surface area contributed by atoms with Crippen LogP contribution in [0.3, 0.4) is 0 Å². The van der Waals surface area contributed by atoms with Gasteiger partial charge in [-0.25, -0.2) is 0 Å². The van der Waals surface area contributed by atoms with Crippen LogP contribution >= 0.6 is 23.4 Å². The van der Waals surface area contributed by atoms with Gasteiger partial charge in [0.15, 0.2) is 0 Å². The van der Waals surface area contributed by atoms with Crippen LogP contribution in [0.25, 0.3) is 0 Å². The summed E-state index contributed by atoms with van der Waals surface area (Å²) in [6.45, 7) is 3.54. The normalized spacial score (nSPS) is 29.0. The molecule has 0 saturated carbocycles. The van der Waals surface area contributed by atoms with Gasteiger partial charge >= 0.3 is 0 Å². The Balaban J connectivity index is 1.41. The molecule has 0 radical (unpaired) electrons. The van der Waals surface area contributed by atoms with E-state index in [1.54, 1.807) is 27.6 Å². The highest BCUT2D eigenvalue weighted by Crippen LogP contribution is 2.61. The van der Waals surface area contributed by atoms with Crippen molar-refractivity contribution >= 4 is 46.8 Å². The van der Waals surface area contributed by atoms with Gasteiger partial charge in [-0.1, -0.05) is 78.4 Å². The number of hydrogen-bond donors (Lipinski definition) is 1. The van der Waals surface area contributed by atoms with Crippen molar-refractivity contribution in [3.05, 3.63) is 89.0 Å². The second-order valence-electron chi connectivity index (χ2n) is 11.2. The number of aliphatic hydroxyl groups excluding tert-OH is 1. The number of hydrogen-bond acceptors (Lipinski definition) is 5. The Morgan fingerprint density at radius 2 is 1.78 bits per heavy atom. The summed E-state index contributed by atoms with van der Waals surface area (Å²) < 4.78 is -0.887. The molecular formula is C32H34ClN3O4S. The average molecular weight is 592 g/mol. The van der Waals surface area contributed by atoms with E-state index in [2.05, 4.69) is 6.08 Å². The molecule has 1 unspecified atom stereocenters. The number of anilines is 1. The van der Waals surface area contributed by atoms with Gasteiger partial charge in [0, 0.05) is 38.0 Å². The van der Waals surface area contributed by atoms with Gasteiger partial charge in [-0.15, -0.1) is 11.8 Å². The number of aryl methyl sites for hydroxylation is 1. The van der Waals surface area contributed by atoms with Crippen molar-refractivity contribution < 1.29 is 19.5 Å². The van der Waals surface area contributed by atoms with E-state index < -0.39 is 22.6 Å². The minimum absolute atomic E-state index is 0.0111. The molecule has 214 valence electrons. The monoisotopic (exact) mass is 591 g/mol. The Hall–Kier alpha value is -3.07. The van der Waals surface area contributed by atoms with E-state index >= 15 is 0 Å². The molecule has 3 amide bonds. The average Bonchev–Trinajstić information content (AvgIpc) is 3.27. The van der Waals surface area contributed by atoms with Crippen LogP contribution in [0, 0.1) is 18.8 Å². The number of nitrogens with zero attached hydrogens (tertiary/aromatic N) is 3. The molecule has 1 spiro atoms. The number of thioether (sulfide) groups is 1. The molecule has 0 bridgehead atoms. The van der Waals surface area contributed by atoms with Crippen LogP contribution < -0.4 is 4.90 Å². The summed E-state index contributed by atoms with van der Waals surface area (Å²) in [5.74, 6) is -1.64. The first-order valence-electron chi connectivity index (χ1n) is 14.2. The molecule has 6 rings (SSSR count). The van der Waals surface area contributed by atoms with E-state index in [-0.39, 0.29) is 29.6 Å². The van der Waals surface area contributed by atoms with Crippen LogP contribution in [0.5, 0.6) is 0 Å². The van der Waals surface area contributed by atoms with Crippen LogP contribution in [-0.2, 0) is 20.9 Å². The molecule has 4 aliphatic rings. The topological polar surface area (TPSA) is 81.2 Å². The van der Waals surface area contributed by atoms with Crippen molar-refractivity contribution in [2.75, 3.05) is 31.1 Å². The number of halogens is 1. The van der Waals surface area contributed by atoms with Gasteiger partial charge in [-0.2, -0.15) is 0 Å². The van der Waals surface area contributed by atoms with Crippen LogP contribution in [0.2, 0.25) is 5.02 Å². The summed E-state index contributed by atoms with van der Waals surface area (Å²) in [6.07, 6.45) is 9.17. The Morgan fingerprint density at radius 1 is 0.976 bits per heavy atom. The number of aliphatic hydroxyl groups is 1. The third kappa shape index (κ3) is 4.70. The van der Waals surface area contributed by atoms with E-state index in [1.165, 1.54) is 0 Å². The molecule has 4 aliphatic heterocycles. The molecule has 0 aliphatic carbocycles. The first-order chi connectivity index (χ1) is 19.9. The van der Waals surface area contributed by atoms with E-state index in [1.807, 2.05) is 72.5 Å². The van der Waals surface area contributed by atoms with Crippen molar-refractivity contribution in [3.63, 3.8) is 0 Å². The predicted octanol–water partition coefficient (Wildman–Crippen LogP) is 4.22. The molecule has 0 aromatic heterocycles. The molecule has 2 fully saturated rings. The fourth-order valence-electron chi connectivity index (χ4n) is 6.93. The van der Waals surface area contributed by atoms with Gasteiger partial charge < -0.3 is 19.8 Å². The number of unbranched alkanes of at least 4 members (excludes halogenated alkanes) is 1. The summed E-state index contributed by atoms with van der Waals surface area (Å²) in [5.41, 5.74) is 2.56. The zero-order chi connectivity index (χ0) is 28.7. The number of fused-ring (bicyclic) bond motifs is 2. The standard InChI is InChI=1S/C32H34ClN3O4S/c1-21-10-7-13-23(33)27(21)35-18-9-15-32-26(30(39)36(17-5-6-19-37)28(32)31(35)40)25-24(41-32)14-8-16-34(29(25)38)20-22-11-3-2-4-12-22/h2-4,7-15,24-26,28,37H,5-6,16-20H2,1H3/t24-,25+,26-,28?,32-/m0/s1. The summed E-state index contributed by atoms with van der Waals surface area (Å²) in [4.78, 5) is 48.4. The first kappa shape index (κ1) is 28.1. The van der Waals surface area contributed by atoms with Crippen LogP contribution in [0.15, 0.2) is 72.8 Å². The minimum Gasteiger partial charge on any atom is -0.396 e. The Morgan fingerprint density at radius 3 is 2.54 bits per heavy atom. The fraction of sp³-hybridized carbons (Fsp3) is 0.406. The maximum absolute atomic E-state index is 14.6. The molecule has 2 saturated heterocycles. The van der Waals surface area contributed by atoms with Gasteiger partial charge in [0.2, 0.25) is 11.8 Å². The number of carbonyl (C=O) groups is 3. The summed E-state index contributed by atoms with van der Waals surface area (Å²) in [7, 11) is 0. The smallest absolute Gasteiger partial charge is 0.251 e. The SMILES string of the molecule is Cc1cccc(Cl)c1N1CC=C[C@]23S[C@H]4C=CCN(Cc5ccccc5)C(=O)[C@H]4[C@H]2C(=O)N(CCCCO)C3C1=O. The quantitative estimate of drug-likeness (QED) is 0.385. The molecule has 2 aromatic rings. The molecular weight excluding hydrogens is 558 g/mol. The third-order valence-corrected chi connectivity index (χ3v) is 10.8. The highest BCUT2D eigenvalue weighted by molar-refractivity contribution is 8.02.